The summed E-state index contributed by atoms with van der Waals surface area (Å²) in [7, 11) is 5.75. The van der Waals surface area contributed by atoms with Crippen molar-refractivity contribution in [1.82, 2.24) is 14.9 Å². The number of methoxy groups -OCH3 is 2. The van der Waals surface area contributed by atoms with Crippen molar-refractivity contribution in [3.05, 3.63) is 47.5 Å². The fourth-order valence-electron chi connectivity index (χ4n) is 6.88. The third-order valence-corrected chi connectivity index (χ3v) is 10.2. The molecule has 2 aromatic carbocycles. The molecule has 0 radical (unpaired) electrons. The largest absolute Gasteiger partial charge is 0.493 e. The first-order valence-electron chi connectivity index (χ1n) is 18.4. The van der Waals surface area contributed by atoms with Crippen LogP contribution in [0.5, 0.6) is 11.5 Å². The number of hydrogen-bond acceptors (Lipinski definition) is 7. The fourth-order valence-corrected chi connectivity index (χ4v) is 7.06. The minimum Gasteiger partial charge on any atom is -0.493 e. The average Bonchev–Trinajstić information content (AvgIpc) is 3.10. The van der Waals surface area contributed by atoms with Crippen molar-refractivity contribution in [2.75, 3.05) is 33.1 Å². The van der Waals surface area contributed by atoms with Gasteiger partial charge in [0.2, 0.25) is 0 Å². The van der Waals surface area contributed by atoms with Crippen LogP contribution in [0.25, 0.3) is 10.9 Å². The molecular formula is C39H58ClFN4O3. The van der Waals surface area contributed by atoms with Crippen LogP contribution in [0.4, 0.5) is 15.9 Å². The summed E-state index contributed by atoms with van der Waals surface area (Å²) in [5.74, 6) is 1.41. The zero-order valence-corrected chi connectivity index (χ0v) is 30.5. The molecule has 1 atom stereocenters. The van der Waals surface area contributed by atoms with Crippen molar-refractivity contribution in [1.29, 1.82) is 0 Å². The highest BCUT2D eigenvalue weighted by Crippen LogP contribution is 2.37. The van der Waals surface area contributed by atoms with E-state index in [0.717, 1.165) is 44.0 Å². The summed E-state index contributed by atoms with van der Waals surface area (Å²) >= 11 is 6.00. The van der Waals surface area contributed by atoms with Crippen molar-refractivity contribution >= 4 is 34.0 Å². The Bertz CT molecular complexity index is 1370. The molecule has 4 rings (SSSR count). The summed E-state index contributed by atoms with van der Waals surface area (Å²) in [5.41, 5.74) is 1.35. The molecular weight excluding hydrogens is 627 g/mol. The van der Waals surface area contributed by atoms with Gasteiger partial charge in [-0.2, -0.15) is 0 Å². The first-order valence-corrected chi connectivity index (χ1v) is 18.7. The van der Waals surface area contributed by atoms with Gasteiger partial charge < -0.3 is 24.4 Å². The third-order valence-electron chi connectivity index (χ3n) is 9.87. The summed E-state index contributed by atoms with van der Waals surface area (Å²) in [5, 5.41) is 4.06. The number of unbranched alkanes of at least 4 members (excludes halogenated alkanes) is 11. The van der Waals surface area contributed by atoms with Crippen LogP contribution >= 0.6 is 11.6 Å². The van der Waals surface area contributed by atoms with Gasteiger partial charge in [0.05, 0.1) is 29.9 Å². The zero-order chi connectivity index (χ0) is 34.1. The number of halogens is 2. The third kappa shape index (κ3) is 12.0. The van der Waals surface area contributed by atoms with E-state index < -0.39 is 5.82 Å². The van der Waals surface area contributed by atoms with Gasteiger partial charge in [0, 0.05) is 36.8 Å². The molecule has 266 valence electrons. The van der Waals surface area contributed by atoms with Crippen molar-refractivity contribution in [3.8, 4) is 11.5 Å². The second-order valence-corrected chi connectivity index (χ2v) is 13.9. The lowest BCUT2D eigenvalue weighted by atomic mass is 9.91. The summed E-state index contributed by atoms with van der Waals surface area (Å²) in [4.78, 5) is 11.4. The molecule has 9 heteroatoms. The van der Waals surface area contributed by atoms with E-state index in [-0.39, 0.29) is 17.2 Å². The Labute approximate surface area is 293 Å². The SMILES string of the molecule is CCCCCCCCCCCCCCC(CN(C)C1CCC(Oc2cc3c(Nc4ccc(F)c(Cl)c4)ncnc3cc2OC)CC1)OC. The summed E-state index contributed by atoms with van der Waals surface area (Å²) in [6.45, 7) is 3.25. The summed E-state index contributed by atoms with van der Waals surface area (Å²) in [6, 6.07) is 8.81. The van der Waals surface area contributed by atoms with Gasteiger partial charge in [-0.05, 0) is 63.4 Å². The summed E-state index contributed by atoms with van der Waals surface area (Å²) < 4.78 is 31.9. The van der Waals surface area contributed by atoms with E-state index in [2.05, 4.69) is 34.2 Å². The van der Waals surface area contributed by atoms with Gasteiger partial charge in [-0.25, -0.2) is 14.4 Å². The standard InChI is InChI=1S/C39H58ClFN4O3/c1-5-6-7-8-9-10-11-12-13-14-15-16-17-32(46-3)27-45(2)30-19-21-31(22-20-30)48-38-25-33-36(26-37(38)47-4)42-28-43-39(33)44-29-18-23-35(41)34(40)24-29/h18,23-26,28,30-32H,5-17,19-22,27H2,1-4H3,(H,42,43,44). The quantitative estimate of drug-likeness (QED) is 0.106. The van der Waals surface area contributed by atoms with E-state index in [1.54, 1.807) is 13.2 Å². The Balaban J connectivity index is 1.20. The molecule has 1 aliphatic rings. The van der Waals surface area contributed by atoms with Crippen LogP contribution in [0, 0.1) is 5.82 Å². The number of fused-ring (bicyclic) bond motifs is 1. The molecule has 1 aromatic heterocycles. The van der Waals surface area contributed by atoms with E-state index in [4.69, 9.17) is 25.8 Å². The minimum atomic E-state index is -0.468. The van der Waals surface area contributed by atoms with Crippen LogP contribution in [-0.4, -0.2) is 60.9 Å². The number of hydrogen-bond donors (Lipinski definition) is 1. The minimum absolute atomic E-state index is 0.0441. The number of anilines is 2. The number of aromatic nitrogens is 2. The normalized spacial score (nSPS) is 17.1. The highest BCUT2D eigenvalue weighted by Gasteiger charge is 2.27. The van der Waals surface area contributed by atoms with Crippen LogP contribution in [0.2, 0.25) is 5.02 Å². The molecule has 0 amide bonds. The van der Waals surface area contributed by atoms with Crippen LogP contribution in [0.15, 0.2) is 36.7 Å². The van der Waals surface area contributed by atoms with E-state index in [1.807, 2.05) is 19.2 Å². The van der Waals surface area contributed by atoms with Gasteiger partial charge in [0.15, 0.2) is 11.5 Å². The Morgan fingerprint density at radius 2 is 1.54 bits per heavy atom. The Morgan fingerprint density at radius 1 is 0.875 bits per heavy atom. The fraction of sp³-hybridized carbons (Fsp3) is 0.641. The zero-order valence-electron chi connectivity index (χ0n) is 29.7. The Morgan fingerprint density at radius 3 is 2.17 bits per heavy atom. The molecule has 0 spiro atoms. The number of nitrogens with one attached hydrogen (secondary N) is 1. The van der Waals surface area contributed by atoms with Gasteiger partial charge in [-0.1, -0.05) is 95.6 Å². The number of nitrogens with zero attached hydrogens (tertiary/aromatic N) is 3. The van der Waals surface area contributed by atoms with Gasteiger partial charge in [0.25, 0.3) is 0 Å². The maximum atomic E-state index is 13.7. The lowest BCUT2D eigenvalue weighted by Gasteiger charge is -2.36. The predicted octanol–water partition coefficient (Wildman–Crippen LogP) is 10.9. The molecule has 0 aliphatic heterocycles. The van der Waals surface area contributed by atoms with Crippen molar-refractivity contribution < 1.29 is 18.6 Å². The number of rotatable bonds is 22. The average molecular weight is 685 g/mol. The first-order chi connectivity index (χ1) is 23.4. The van der Waals surface area contributed by atoms with E-state index in [0.29, 0.717) is 34.6 Å². The van der Waals surface area contributed by atoms with Gasteiger partial charge in [-0.15, -0.1) is 0 Å². The first kappa shape index (κ1) is 38.1. The lowest BCUT2D eigenvalue weighted by molar-refractivity contribution is 0.0347. The topological polar surface area (TPSA) is 68.7 Å². The van der Waals surface area contributed by atoms with Gasteiger partial charge in [-0.3, -0.25) is 0 Å². The summed E-state index contributed by atoms with van der Waals surface area (Å²) in [6.07, 6.45) is 23.6. The highest BCUT2D eigenvalue weighted by atomic mass is 35.5. The molecule has 1 saturated carbocycles. The van der Waals surface area contributed by atoms with E-state index in [1.165, 1.54) is 95.5 Å². The predicted molar refractivity (Wildman–Crippen MR) is 197 cm³/mol. The number of benzene rings is 2. The molecule has 1 fully saturated rings. The second-order valence-electron chi connectivity index (χ2n) is 13.5. The molecule has 0 bridgehead atoms. The number of likely N-dealkylation sites (N-methyl/N-ethyl adjacent to an activating group) is 1. The maximum Gasteiger partial charge on any atom is 0.162 e. The van der Waals surface area contributed by atoms with Gasteiger partial charge >= 0.3 is 0 Å². The van der Waals surface area contributed by atoms with Crippen molar-refractivity contribution in [2.24, 2.45) is 0 Å². The molecule has 1 N–H and O–H groups in total. The van der Waals surface area contributed by atoms with Crippen LogP contribution < -0.4 is 14.8 Å². The molecule has 3 aromatic rings. The molecule has 7 nitrogen and oxygen atoms in total. The van der Waals surface area contributed by atoms with Crippen molar-refractivity contribution in [3.63, 3.8) is 0 Å². The Hall–Kier alpha value is -2.68. The molecule has 1 heterocycles. The second kappa shape index (κ2) is 20.7. The molecule has 1 aliphatic carbocycles. The van der Waals surface area contributed by atoms with Crippen LogP contribution in [0.1, 0.15) is 116 Å². The number of ether oxygens (including phenoxy) is 3. The highest BCUT2D eigenvalue weighted by molar-refractivity contribution is 6.31. The monoisotopic (exact) mass is 684 g/mol. The van der Waals surface area contributed by atoms with E-state index in [9.17, 15) is 4.39 Å². The molecule has 0 saturated heterocycles. The molecule has 48 heavy (non-hydrogen) atoms. The van der Waals surface area contributed by atoms with Crippen molar-refractivity contribution in [2.45, 2.75) is 134 Å². The van der Waals surface area contributed by atoms with Crippen LogP contribution in [0.3, 0.4) is 0 Å². The Kier molecular flexibility index (Phi) is 16.5. The smallest absolute Gasteiger partial charge is 0.162 e. The van der Waals surface area contributed by atoms with Gasteiger partial charge in [0.1, 0.15) is 18.0 Å². The lowest BCUT2D eigenvalue weighted by Crippen LogP contribution is -2.41. The van der Waals surface area contributed by atoms with Crippen LogP contribution in [-0.2, 0) is 4.74 Å². The molecule has 1 unspecified atom stereocenters. The maximum absolute atomic E-state index is 13.7. The van der Waals surface area contributed by atoms with E-state index >= 15 is 0 Å².